The molecule has 0 aromatic rings. The predicted octanol–water partition coefficient (Wildman–Crippen LogP) is 4.12. The van der Waals surface area contributed by atoms with Gasteiger partial charge in [-0.25, -0.2) is 8.42 Å². The van der Waals surface area contributed by atoms with Crippen molar-refractivity contribution in [2.24, 2.45) is 0 Å². The van der Waals surface area contributed by atoms with Crippen LogP contribution in [0.4, 0.5) is 0 Å². The molecule has 0 radical (unpaired) electrons. The van der Waals surface area contributed by atoms with Crippen LogP contribution in [0, 0.1) is 0 Å². The van der Waals surface area contributed by atoms with Crippen LogP contribution in [0.15, 0.2) is 35.8 Å². The van der Waals surface area contributed by atoms with Gasteiger partial charge in [-0.15, -0.1) is 6.58 Å². The van der Waals surface area contributed by atoms with Crippen LogP contribution in [0.3, 0.4) is 0 Å². The summed E-state index contributed by atoms with van der Waals surface area (Å²) < 4.78 is 22.1. The van der Waals surface area contributed by atoms with Crippen molar-refractivity contribution < 1.29 is 8.42 Å². The average molecular weight is 246 g/mol. The maximum absolute atomic E-state index is 11.0. The van der Waals surface area contributed by atoms with E-state index >= 15 is 0 Å². The SMILES string of the molecule is C=C/C(=C(/C)CC)S(C)(=O)=O.C=CC.CC. The Morgan fingerprint density at radius 1 is 1.25 bits per heavy atom. The van der Waals surface area contributed by atoms with Crippen molar-refractivity contribution in [1.29, 1.82) is 0 Å². The smallest absolute Gasteiger partial charge is 0.175 e. The molecule has 0 heterocycles. The first-order chi connectivity index (χ1) is 7.34. The molecular formula is C13H26O2S. The van der Waals surface area contributed by atoms with Crippen LogP contribution in [0.5, 0.6) is 0 Å². The van der Waals surface area contributed by atoms with E-state index in [0.717, 1.165) is 12.0 Å². The molecule has 0 aliphatic rings. The van der Waals surface area contributed by atoms with E-state index in [-0.39, 0.29) is 0 Å². The second-order valence-corrected chi connectivity index (χ2v) is 4.87. The molecule has 0 unspecified atom stereocenters. The van der Waals surface area contributed by atoms with E-state index in [9.17, 15) is 8.42 Å². The van der Waals surface area contributed by atoms with Crippen LogP contribution < -0.4 is 0 Å². The fourth-order valence-electron chi connectivity index (χ4n) is 0.816. The molecule has 0 aromatic carbocycles. The summed E-state index contributed by atoms with van der Waals surface area (Å²) in [6.45, 7) is 16.4. The zero-order valence-corrected chi connectivity index (χ0v) is 12.3. The summed E-state index contributed by atoms with van der Waals surface area (Å²) in [7, 11) is -3.06. The highest BCUT2D eigenvalue weighted by atomic mass is 32.2. The number of hydrogen-bond donors (Lipinski definition) is 0. The molecule has 0 rings (SSSR count). The lowest BCUT2D eigenvalue weighted by molar-refractivity contribution is 0.608. The van der Waals surface area contributed by atoms with E-state index in [4.69, 9.17) is 0 Å². The molecule has 0 bridgehead atoms. The first-order valence-electron chi connectivity index (χ1n) is 5.44. The monoisotopic (exact) mass is 246 g/mol. The largest absolute Gasteiger partial charge is 0.224 e. The van der Waals surface area contributed by atoms with Crippen molar-refractivity contribution in [2.45, 2.75) is 41.0 Å². The maximum Gasteiger partial charge on any atom is 0.175 e. The number of rotatable bonds is 3. The molecule has 0 aromatic heterocycles. The summed E-state index contributed by atoms with van der Waals surface area (Å²) in [6.07, 6.45) is 5.09. The van der Waals surface area contributed by atoms with Gasteiger partial charge in [-0.1, -0.05) is 45.1 Å². The van der Waals surface area contributed by atoms with Crippen molar-refractivity contribution in [3.8, 4) is 0 Å². The minimum absolute atomic E-state index is 0.361. The normalized spacial score (nSPS) is 10.9. The molecule has 2 nitrogen and oxygen atoms in total. The summed E-state index contributed by atoms with van der Waals surface area (Å²) in [4.78, 5) is 0.361. The zero-order valence-electron chi connectivity index (χ0n) is 11.5. The van der Waals surface area contributed by atoms with Crippen LogP contribution in [-0.4, -0.2) is 14.7 Å². The summed E-state index contributed by atoms with van der Waals surface area (Å²) in [6, 6.07) is 0. The Balaban J connectivity index is -0.000000289. The van der Waals surface area contributed by atoms with Crippen LogP contribution in [0.25, 0.3) is 0 Å². The van der Waals surface area contributed by atoms with Gasteiger partial charge in [-0.2, -0.15) is 0 Å². The quantitative estimate of drug-likeness (QED) is 0.554. The number of sulfone groups is 1. The number of hydrogen-bond acceptors (Lipinski definition) is 2. The summed E-state index contributed by atoms with van der Waals surface area (Å²) in [5.41, 5.74) is 0.863. The van der Waals surface area contributed by atoms with E-state index in [1.807, 2.05) is 27.7 Å². The molecule has 0 spiro atoms. The fraction of sp³-hybridized carbons (Fsp3) is 0.538. The Bertz CT molecular complexity index is 309. The molecule has 0 fully saturated rings. The minimum Gasteiger partial charge on any atom is -0.224 e. The summed E-state index contributed by atoms with van der Waals surface area (Å²) in [5.74, 6) is 0. The van der Waals surface area contributed by atoms with Gasteiger partial charge in [0.05, 0.1) is 4.91 Å². The van der Waals surface area contributed by atoms with Gasteiger partial charge in [0.15, 0.2) is 9.84 Å². The Hall–Kier alpha value is -0.830. The van der Waals surface area contributed by atoms with E-state index in [2.05, 4.69) is 13.2 Å². The molecule has 0 atom stereocenters. The van der Waals surface area contributed by atoms with Gasteiger partial charge in [0.2, 0.25) is 0 Å². The first-order valence-corrected chi connectivity index (χ1v) is 7.33. The third-order valence-electron chi connectivity index (χ3n) is 1.54. The van der Waals surface area contributed by atoms with E-state index < -0.39 is 9.84 Å². The molecule has 0 N–H and O–H groups in total. The van der Waals surface area contributed by atoms with Crippen LogP contribution in [0.2, 0.25) is 0 Å². The standard InChI is InChI=1S/C8H14O2S.C3H6.C2H6/c1-5-7(3)8(6-2)11(4,9)10;1-3-2;1-2/h6H,2,5H2,1,3-4H3;3H,1H2,2H3;1-2H3/b8-7+;;. The lowest BCUT2D eigenvalue weighted by atomic mass is 10.2. The molecule has 0 aliphatic carbocycles. The highest BCUT2D eigenvalue weighted by molar-refractivity contribution is 7.94. The topological polar surface area (TPSA) is 34.1 Å². The predicted molar refractivity (Wildman–Crippen MR) is 75.3 cm³/mol. The fourth-order valence-corrected chi connectivity index (χ4v) is 1.90. The van der Waals surface area contributed by atoms with Crippen molar-refractivity contribution in [3.63, 3.8) is 0 Å². The van der Waals surface area contributed by atoms with Gasteiger partial charge in [-0.3, -0.25) is 0 Å². The summed E-state index contributed by atoms with van der Waals surface area (Å²) in [5, 5.41) is 0. The van der Waals surface area contributed by atoms with Gasteiger partial charge < -0.3 is 0 Å². The molecule has 96 valence electrons. The van der Waals surface area contributed by atoms with Gasteiger partial charge >= 0.3 is 0 Å². The molecule has 0 saturated heterocycles. The van der Waals surface area contributed by atoms with Crippen molar-refractivity contribution in [1.82, 2.24) is 0 Å². The van der Waals surface area contributed by atoms with Crippen molar-refractivity contribution in [2.75, 3.05) is 6.26 Å². The van der Waals surface area contributed by atoms with Crippen LogP contribution >= 0.6 is 0 Å². The average Bonchev–Trinajstić information content (AvgIpc) is 2.20. The molecule has 3 heteroatoms. The van der Waals surface area contributed by atoms with Crippen molar-refractivity contribution >= 4 is 9.84 Å². The first kappa shape index (κ1) is 20.6. The Labute approximate surface area is 102 Å². The number of allylic oxidation sites excluding steroid dienone is 3. The minimum atomic E-state index is -3.06. The molecule has 0 saturated carbocycles. The van der Waals surface area contributed by atoms with Crippen molar-refractivity contribution in [3.05, 3.63) is 35.8 Å². The highest BCUT2D eigenvalue weighted by Crippen LogP contribution is 2.14. The van der Waals surface area contributed by atoms with E-state index in [0.29, 0.717) is 4.91 Å². The van der Waals surface area contributed by atoms with Gasteiger partial charge in [0, 0.05) is 6.26 Å². The van der Waals surface area contributed by atoms with Crippen LogP contribution in [0.1, 0.15) is 41.0 Å². The Kier molecular flexibility index (Phi) is 15.7. The molecule has 0 amide bonds. The second-order valence-electron chi connectivity index (χ2n) is 2.88. The second kappa shape index (κ2) is 12.2. The van der Waals surface area contributed by atoms with Gasteiger partial charge in [0.1, 0.15) is 0 Å². The Morgan fingerprint density at radius 2 is 1.56 bits per heavy atom. The lowest BCUT2D eigenvalue weighted by Crippen LogP contribution is -2.00. The maximum atomic E-state index is 11.0. The zero-order chi connectivity index (χ0) is 13.8. The highest BCUT2D eigenvalue weighted by Gasteiger charge is 2.09. The third-order valence-corrected chi connectivity index (χ3v) is 2.85. The summed E-state index contributed by atoms with van der Waals surface area (Å²) >= 11 is 0. The third kappa shape index (κ3) is 11.2. The lowest BCUT2D eigenvalue weighted by Gasteiger charge is -2.02. The molecule has 0 aliphatic heterocycles. The van der Waals surface area contributed by atoms with Gasteiger partial charge in [0.25, 0.3) is 0 Å². The van der Waals surface area contributed by atoms with Gasteiger partial charge in [-0.05, 0) is 20.3 Å². The van der Waals surface area contributed by atoms with E-state index in [1.165, 1.54) is 12.3 Å². The molecule has 16 heavy (non-hydrogen) atoms. The Morgan fingerprint density at radius 3 is 1.62 bits per heavy atom. The molecular weight excluding hydrogens is 220 g/mol. The van der Waals surface area contributed by atoms with Crippen LogP contribution in [-0.2, 0) is 9.84 Å². The van der Waals surface area contributed by atoms with E-state index in [1.54, 1.807) is 13.0 Å².